The summed E-state index contributed by atoms with van der Waals surface area (Å²) in [6, 6.07) is 0. The first-order valence-corrected chi connectivity index (χ1v) is 3.69. The second kappa shape index (κ2) is 1.99. The molecule has 0 amide bonds. The summed E-state index contributed by atoms with van der Waals surface area (Å²) in [7, 11) is 0. The fraction of sp³-hybridized carbons (Fsp3) is 0.667. The summed E-state index contributed by atoms with van der Waals surface area (Å²) in [6.07, 6.45) is 3.40. The third-order valence-electron chi connectivity index (χ3n) is 1.48. The number of alkyl halides is 1. The maximum absolute atomic E-state index is 3.70. The molecule has 1 aliphatic carbocycles. The Bertz CT molecular complexity index is 78.2. The van der Waals surface area contributed by atoms with Crippen molar-refractivity contribution < 1.29 is 0 Å². The molecule has 7 heavy (non-hydrogen) atoms. The van der Waals surface area contributed by atoms with Crippen LogP contribution in [0.1, 0.15) is 6.42 Å². The topological polar surface area (TPSA) is 0 Å². The van der Waals surface area contributed by atoms with Crippen LogP contribution in [0.2, 0.25) is 0 Å². The predicted molar refractivity (Wildman–Crippen MR) is 35.6 cm³/mol. The van der Waals surface area contributed by atoms with Gasteiger partial charge in [0.1, 0.15) is 0 Å². The lowest BCUT2D eigenvalue weighted by molar-refractivity contribution is 0.923. The fourth-order valence-corrected chi connectivity index (χ4v) is 1.48. The van der Waals surface area contributed by atoms with Crippen molar-refractivity contribution in [2.45, 2.75) is 6.42 Å². The van der Waals surface area contributed by atoms with E-state index in [1.807, 2.05) is 6.08 Å². The van der Waals surface area contributed by atoms with E-state index in [0.717, 1.165) is 17.2 Å². The van der Waals surface area contributed by atoms with Gasteiger partial charge in [-0.1, -0.05) is 22.0 Å². The average molecular weight is 161 g/mol. The number of hydrogen-bond donors (Lipinski definition) is 0. The van der Waals surface area contributed by atoms with E-state index >= 15 is 0 Å². The van der Waals surface area contributed by atoms with Gasteiger partial charge in [-0.25, -0.2) is 0 Å². The zero-order valence-electron chi connectivity index (χ0n) is 4.23. The highest BCUT2D eigenvalue weighted by molar-refractivity contribution is 9.09. The quantitative estimate of drug-likeness (QED) is 0.430. The van der Waals surface area contributed by atoms with E-state index in [-0.39, 0.29) is 0 Å². The Morgan fingerprint density at radius 1 is 1.86 bits per heavy atom. The Labute approximate surface area is 52.7 Å². The molecule has 1 heteroatoms. The summed E-state index contributed by atoms with van der Waals surface area (Å²) in [5, 5.41) is 1.16. The smallest absolute Gasteiger partial charge is 0.00655 e. The van der Waals surface area contributed by atoms with Gasteiger partial charge in [-0.05, 0) is 18.3 Å². The van der Waals surface area contributed by atoms with Crippen molar-refractivity contribution >= 4 is 15.9 Å². The summed E-state index contributed by atoms with van der Waals surface area (Å²) in [4.78, 5) is 0. The zero-order chi connectivity index (χ0) is 5.28. The van der Waals surface area contributed by atoms with E-state index in [0.29, 0.717) is 0 Å². The van der Waals surface area contributed by atoms with E-state index < -0.39 is 0 Å². The molecule has 0 N–H and O–H groups in total. The van der Waals surface area contributed by atoms with Gasteiger partial charge in [-0.3, -0.25) is 0 Å². The first-order valence-electron chi connectivity index (χ1n) is 2.57. The molecule has 2 unspecified atom stereocenters. The second-order valence-electron chi connectivity index (χ2n) is 2.05. The monoisotopic (exact) mass is 160 g/mol. The van der Waals surface area contributed by atoms with Gasteiger partial charge in [-0.15, -0.1) is 6.58 Å². The summed E-state index contributed by atoms with van der Waals surface area (Å²) >= 11 is 3.41. The minimum Gasteiger partial charge on any atom is -0.103 e. The molecule has 1 aliphatic rings. The molecular weight excluding hydrogens is 152 g/mol. The molecule has 0 aromatic heterocycles. The zero-order valence-corrected chi connectivity index (χ0v) is 5.82. The first kappa shape index (κ1) is 5.36. The molecule has 1 saturated carbocycles. The van der Waals surface area contributed by atoms with Crippen molar-refractivity contribution in [3.63, 3.8) is 0 Å². The molecule has 0 spiro atoms. The van der Waals surface area contributed by atoms with Gasteiger partial charge in [0.15, 0.2) is 0 Å². The minimum absolute atomic E-state index is 0.833. The van der Waals surface area contributed by atoms with Gasteiger partial charge >= 0.3 is 0 Å². The average Bonchev–Trinajstić information content (AvgIpc) is 2.43. The highest BCUT2D eigenvalue weighted by atomic mass is 79.9. The van der Waals surface area contributed by atoms with E-state index in [2.05, 4.69) is 22.5 Å². The molecule has 0 nitrogen and oxygen atoms in total. The van der Waals surface area contributed by atoms with Crippen LogP contribution in [0.5, 0.6) is 0 Å². The van der Waals surface area contributed by atoms with Gasteiger partial charge < -0.3 is 0 Å². The van der Waals surface area contributed by atoms with Gasteiger partial charge in [-0.2, -0.15) is 0 Å². The summed E-state index contributed by atoms with van der Waals surface area (Å²) in [5.41, 5.74) is 0. The van der Waals surface area contributed by atoms with Gasteiger partial charge in [0.2, 0.25) is 0 Å². The minimum atomic E-state index is 0.833. The Morgan fingerprint density at radius 3 is 2.71 bits per heavy atom. The molecule has 0 aromatic rings. The molecule has 0 radical (unpaired) electrons. The Hall–Kier alpha value is 0.220. The fourth-order valence-electron chi connectivity index (χ4n) is 0.737. The van der Waals surface area contributed by atoms with Crippen LogP contribution in [-0.2, 0) is 0 Å². The summed E-state index contributed by atoms with van der Waals surface area (Å²) in [5.74, 6) is 1.75. The standard InChI is InChI=1S/C6H9Br/c1-2-5-3-6(5)4-7/h2,5-6H,1,3-4H2. The molecule has 0 heterocycles. The molecule has 40 valence electrons. The molecule has 1 fully saturated rings. The van der Waals surface area contributed by atoms with E-state index in [1.54, 1.807) is 0 Å². The van der Waals surface area contributed by atoms with Crippen LogP contribution in [0.25, 0.3) is 0 Å². The second-order valence-corrected chi connectivity index (χ2v) is 2.70. The Morgan fingerprint density at radius 2 is 2.57 bits per heavy atom. The van der Waals surface area contributed by atoms with Crippen LogP contribution in [0, 0.1) is 11.8 Å². The highest BCUT2D eigenvalue weighted by Gasteiger charge is 2.32. The third kappa shape index (κ3) is 1.06. The largest absolute Gasteiger partial charge is 0.103 e. The van der Waals surface area contributed by atoms with Crippen LogP contribution in [0.15, 0.2) is 12.7 Å². The normalized spacial score (nSPS) is 37.9. The summed E-state index contributed by atoms with van der Waals surface area (Å²) in [6.45, 7) is 3.70. The lowest BCUT2D eigenvalue weighted by Gasteiger charge is -1.79. The van der Waals surface area contributed by atoms with E-state index in [1.165, 1.54) is 6.42 Å². The van der Waals surface area contributed by atoms with Crippen LogP contribution < -0.4 is 0 Å². The molecule has 2 atom stereocenters. The highest BCUT2D eigenvalue weighted by Crippen LogP contribution is 2.40. The number of halogens is 1. The van der Waals surface area contributed by atoms with Gasteiger partial charge in [0, 0.05) is 5.33 Å². The van der Waals surface area contributed by atoms with Gasteiger partial charge in [0.25, 0.3) is 0 Å². The van der Waals surface area contributed by atoms with E-state index in [4.69, 9.17) is 0 Å². The molecular formula is C6H9Br. The molecule has 0 aliphatic heterocycles. The Kier molecular flexibility index (Phi) is 1.53. The SMILES string of the molecule is C=CC1CC1CBr. The first-order chi connectivity index (χ1) is 3.38. The molecule has 0 bridgehead atoms. The van der Waals surface area contributed by atoms with Crippen molar-refractivity contribution in [1.82, 2.24) is 0 Å². The van der Waals surface area contributed by atoms with E-state index in [9.17, 15) is 0 Å². The summed E-state index contributed by atoms with van der Waals surface area (Å²) < 4.78 is 0. The molecule has 1 rings (SSSR count). The lowest BCUT2D eigenvalue weighted by atomic mass is 10.3. The maximum atomic E-state index is 3.70. The van der Waals surface area contributed by atoms with Crippen molar-refractivity contribution in [3.8, 4) is 0 Å². The molecule has 0 aromatic carbocycles. The van der Waals surface area contributed by atoms with Crippen LogP contribution >= 0.6 is 15.9 Å². The number of rotatable bonds is 2. The third-order valence-corrected chi connectivity index (χ3v) is 2.31. The van der Waals surface area contributed by atoms with Gasteiger partial charge in [0.05, 0.1) is 0 Å². The van der Waals surface area contributed by atoms with Crippen molar-refractivity contribution in [3.05, 3.63) is 12.7 Å². The Balaban J connectivity index is 2.17. The van der Waals surface area contributed by atoms with Crippen molar-refractivity contribution in [2.75, 3.05) is 5.33 Å². The lowest BCUT2D eigenvalue weighted by Crippen LogP contribution is -1.75. The van der Waals surface area contributed by atoms with Crippen molar-refractivity contribution in [2.24, 2.45) is 11.8 Å². The number of hydrogen-bond acceptors (Lipinski definition) is 0. The predicted octanol–water partition coefficient (Wildman–Crippen LogP) is 2.20. The van der Waals surface area contributed by atoms with Crippen LogP contribution in [-0.4, -0.2) is 5.33 Å². The maximum Gasteiger partial charge on any atom is 0.00655 e. The van der Waals surface area contributed by atoms with Crippen LogP contribution in [0.4, 0.5) is 0 Å². The molecule has 0 saturated heterocycles. The van der Waals surface area contributed by atoms with Crippen molar-refractivity contribution in [1.29, 1.82) is 0 Å². The number of allylic oxidation sites excluding steroid dienone is 1. The van der Waals surface area contributed by atoms with Crippen LogP contribution in [0.3, 0.4) is 0 Å².